The van der Waals surface area contributed by atoms with Crippen molar-refractivity contribution in [3.8, 4) is 0 Å². The maximum absolute atomic E-state index is 12.5. The van der Waals surface area contributed by atoms with Gasteiger partial charge in [0, 0.05) is 23.8 Å². The van der Waals surface area contributed by atoms with E-state index in [2.05, 4.69) is 20.8 Å². The zero-order valence-electron chi connectivity index (χ0n) is 16.3. The van der Waals surface area contributed by atoms with Gasteiger partial charge in [-0.05, 0) is 56.3 Å². The molecule has 0 aromatic rings. The van der Waals surface area contributed by atoms with Gasteiger partial charge in [-0.3, -0.25) is 4.79 Å². The molecule has 4 nitrogen and oxygen atoms in total. The van der Waals surface area contributed by atoms with Crippen molar-refractivity contribution in [2.75, 3.05) is 7.11 Å². The molecule has 0 radical (unpaired) electrons. The number of hydrogen-bond acceptors (Lipinski definition) is 4. The van der Waals surface area contributed by atoms with Gasteiger partial charge in [-0.1, -0.05) is 26.3 Å². The fourth-order valence-electron chi connectivity index (χ4n) is 5.50. The van der Waals surface area contributed by atoms with Gasteiger partial charge in [0.05, 0.1) is 7.11 Å². The Hall–Kier alpha value is -1.45. The highest BCUT2D eigenvalue weighted by molar-refractivity contribution is 5.85. The standard InChI is InChI=1S/C21H32O4/c1-14(12-19(24)25-5)6-8-16-15(13-22)7-9-17-20(2,3)18(23)10-11-21(16,17)4/h12-13,15-17H,6-11H2,1-5H3/b14-12-/t15-,16+,17+,21-/m0/s1. The molecule has 2 rings (SSSR count). The van der Waals surface area contributed by atoms with Gasteiger partial charge in [0.15, 0.2) is 0 Å². The first-order valence-corrected chi connectivity index (χ1v) is 9.40. The molecule has 0 amide bonds. The number of methoxy groups -OCH3 is 1. The minimum absolute atomic E-state index is 0.00673. The van der Waals surface area contributed by atoms with E-state index in [4.69, 9.17) is 4.74 Å². The van der Waals surface area contributed by atoms with E-state index in [9.17, 15) is 14.4 Å². The number of carbonyl (C=O) groups is 3. The van der Waals surface area contributed by atoms with Gasteiger partial charge in [0.25, 0.3) is 0 Å². The molecule has 0 N–H and O–H groups in total. The Morgan fingerprint density at radius 2 is 1.96 bits per heavy atom. The van der Waals surface area contributed by atoms with Gasteiger partial charge < -0.3 is 9.53 Å². The second-order valence-electron chi connectivity index (χ2n) is 8.74. The van der Waals surface area contributed by atoms with Crippen molar-refractivity contribution >= 4 is 18.0 Å². The van der Waals surface area contributed by atoms with Gasteiger partial charge in [0.1, 0.15) is 12.1 Å². The molecule has 0 heterocycles. The summed E-state index contributed by atoms with van der Waals surface area (Å²) in [5.41, 5.74) is 0.677. The summed E-state index contributed by atoms with van der Waals surface area (Å²) in [7, 11) is 1.38. The fourth-order valence-corrected chi connectivity index (χ4v) is 5.50. The number of esters is 1. The molecule has 0 spiro atoms. The van der Waals surface area contributed by atoms with Crippen molar-refractivity contribution in [3.63, 3.8) is 0 Å². The minimum atomic E-state index is -0.332. The third-order valence-electron chi connectivity index (χ3n) is 7.02. The van der Waals surface area contributed by atoms with Gasteiger partial charge in [0.2, 0.25) is 0 Å². The highest BCUT2D eigenvalue weighted by Gasteiger charge is 2.57. The highest BCUT2D eigenvalue weighted by Crippen LogP contribution is 2.60. The molecular weight excluding hydrogens is 316 g/mol. The molecule has 0 aromatic carbocycles. The van der Waals surface area contributed by atoms with Crippen LogP contribution in [0.15, 0.2) is 11.6 Å². The summed E-state index contributed by atoms with van der Waals surface area (Å²) >= 11 is 0. The lowest BCUT2D eigenvalue weighted by molar-refractivity contribution is -0.153. The van der Waals surface area contributed by atoms with Crippen molar-refractivity contribution < 1.29 is 19.1 Å². The third-order valence-corrected chi connectivity index (χ3v) is 7.02. The van der Waals surface area contributed by atoms with E-state index in [1.54, 1.807) is 0 Å². The lowest BCUT2D eigenvalue weighted by Crippen LogP contribution is -2.55. The number of Topliss-reactive ketones (excluding diaryl/α,β-unsaturated/α-hetero) is 1. The lowest BCUT2D eigenvalue weighted by atomic mass is 9.45. The fraction of sp³-hybridized carbons (Fsp3) is 0.762. The number of ether oxygens (including phenoxy) is 1. The molecular formula is C21H32O4. The smallest absolute Gasteiger partial charge is 0.330 e. The maximum atomic E-state index is 12.5. The first-order valence-electron chi connectivity index (χ1n) is 9.40. The monoisotopic (exact) mass is 348 g/mol. The average Bonchev–Trinajstić information content (AvgIpc) is 2.56. The number of hydrogen-bond donors (Lipinski definition) is 0. The van der Waals surface area contributed by atoms with Crippen LogP contribution in [0, 0.1) is 28.6 Å². The Morgan fingerprint density at radius 1 is 1.28 bits per heavy atom. The number of ketones is 1. The summed E-state index contributed by atoms with van der Waals surface area (Å²) in [5, 5.41) is 0. The zero-order chi connectivity index (χ0) is 18.8. The maximum Gasteiger partial charge on any atom is 0.330 e. The van der Waals surface area contributed by atoms with Crippen LogP contribution in [0.25, 0.3) is 0 Å². The molecule has 0 aromatic heterocycles. The van der Waals surface area contributed by atoms with E-state index in [0.717, 1.165) is 44.0 Å². The molecule has 25 heavy (non-hydrogen) atoms. The summed E-state index contributed by atoms with van der Waals surface area (Å²) in [5.74, 6) is 0.669. The van der Waals surface area contributed by atoms with Crippen molar-refractivity contribution in [1.29, 1.82) is 0 Å². The Labute approximate surface area is 151 Å². The van der Waals surface area contributed by atoms with E-state index in [1.165, 1.54) is 13.2 Å². The molecule has 2 aliphatic carbocycles. The van der Waals surface area contributed by atoms with E-state index in [1.807, 2.05) is 6.92 Å². The zero-order valence-corrected chi connectivity index (χ0v) is 16.3. The van der Waals surface area contributed by atoms with Crippen LogP contribution in [0.5, 0.6) is 0 Å². The Balaban J connectivity index is 2.23. The molecule has 4 heteroatoms. The number of rotatable bonds is 5. The van der Waals surface area contributed by atoms with Crippen LogP contribution in [0.1, 0.15) is 66.2 Å². The predicted octanol–water partition coefficient (Wildman–Crippen LogP) is 4.12. The third kappa shape index (κ3) is 3.73. The first kappa shape index (κ1) is 19.9. The van der Waals surface area contributed by atoms with Crippen molar-refractivity contribution in [1.82, 2.24) is 0 Å². The van der Waals surface area contributed by atoms with Crippen LogP contribution >= 0.6 is 0 Å². The first-order chi connectivity index (χ1) is 11.7. The van der Waals surface area contributed by atoms with E-state index in [0.29, 0.717) is 18.1 Å². The van der Waals surface area contributed by atoms with Crippen LogP contribution < -0.4 is 0 Å². The summed E-state index contributed by atoms with van der Waals surface area (Å²) in [6.45, 7) is 8.38. The summed E-state index contributed by atoms with van der Waals surface area (Å²) in [6.07, 6.45) is 7.60. The number of allylic oxidation sites excluding steroid dienone is 1. The van der Waals surface area contributed by atoms with Gasteiger partial charge in [-0.15, -0.1) is 0 Å². The molecule has 0 saturated heterocycles. The van der Waals surface area contributed by atoms with Crippen LogP contribution in [-0.4, -0.2) is 25.1 Å². The van der Waals surface area contributed by atoms with E-state index >= 15 is 0 Å². The molecule has 0 unspecified atom stereocenters. The number of aldehydes is 1. The van der Waals surface area contributed by atoms with Crippen molar-refractivity contribution in [2.45, 2.75) is 66.2 Å². The second kappa shape index (κ2) is 7.43. The molecule has 0 bridgehead atoms. The summed E-state index contributed by atoms with van der Waals surface area (Å²) in [4.78, 5) is 35.6. The van der Waals surface area contributed by atoms with Crippen LogP contribution in [0.3, 0.4) is 0 Å². The molecule has 2 fully saturated rings. The summed E-state index contributed by atoms with van der Waals surface area (Å²) in [6, 6.07) is 0. The van der Waals surface area contributed by atoms with Crippen molar-refractivity contribution in [3.05, 3.63) is 11.6 Å². The molecule has 0 aliphatic heterocycles. The SMILES string of the molecule is COC(=O)/C=C(/C)CC[C@@H]1[C@H](C=O)CC[C@@H]2C(C)(C)C(=O)CC[C@@]12C. The van der Waals surface area contributed by atoms with E-state index < -0.39 is 0 Å². The molecule has 140 valence electrons. The quantitative estimate of drug-likeness (QED) is 0.426. The normalized spacial score (nSPS) is 35.0. The Bertz CT molecular complexity index is 574. The van der Waals surface area contributed by atoms with E-state index in [-0.39, 0.29) is 28.6 Å². The lowest BCUT2D eigenvalue weighted by Gasteiger charge is -2.58. The molecule has 2 aliphatic rings. The topological polar surface area (TPSA) is 60.4 Å². The number of fused-ring (bicyclic) bond motifs is 1. The molecule has 2 saturated carbocycles. The largest absolute Gasteiger partial charge is 0.466 e. The van der Waals surface area contributed by atoms with Crippen LogP contribution in [0.2, 0.25) is 0 Å². The predicted molar refractivity (Wildman–Crippen MR) is 96.9 cm³/mol. The molecule has 4 atom stereocenters. The van der Waals surface area contributed by atoms with Gasteiger partial charge in [-0.2, -0.15) is 0 Å². The van der Waals surface area contributed by atoms with Crippen LogP contribution in [0.4, 0.5) is 0 Å². The van der Waals surface area contributed by atoms with Crippen LogP contribution in [-0.2, 0) is 19.1 Å². The Morgan fingerprint density at radius 3 is 2.56 bits per heavy atom. The van der Waals surface area contributed by atoms with Gasteiger partial charge >= 0.3 is 5.97 Å². The highest BCUT2D eigenvalue weighted by atomic mass is 16.5. The average molecular weight is 348 g/mol. The Kier molecular flexibility index (Phi) is 5.90. The minimum Gasteiger partial charge on any atom is -0.466 e. The van der Waals surface area contributed by atoms with Crippen molar-refractivity contribution in [2.24, 2.45) is 28.6 Å². The summed E-state index contributed by atoms with van der Waals surface area (Å²) < 4.78 is 4.69. The second-order valence-corrected chi connectivity index (χ2v) is 8.74. The van der Waals surface area contributed by atoms with Gasteiger partial charge in [-0.25, -0.2) is 4.79 Å². The number of carbonyl (C=O) groups excluding carboxylic acids is 3.